The van der Waals surface area contributed by atoms with Gasteiger partial charge in [0.2, 0.25) is 20.0 Å². The summed E-state index contributed by atoms with van der Waals surface area (Å²) in [5.41, 5.74) is 0.426. The molecule has 0 spiro atoms. The first-order valence-electron chi connectivity index (χ1n) is 8.65. The third kappa shape index (κ3) is 5.29. The predicted molar refractivity (Wildman–Crippen MR) is 108 cm³/mol. The molecule has 0 amide bonds. The molecule has 0 fully saturated rings. The topological polar surface area (TPSA) is 153 Å². The van der Waals surface area contributed by atoms with E-state index in [0.29, 0.717) is 5.56 Å². The summed E-state index contributed by atoms with van der Waals surface area (Å²) in [4.78, 5) is 10.6. The summed E-state index contributed by atoms with van der Waals surface area (Å²) in [6, 6.07) is 9.40. The third-order valence-electron chi connectivity index (χ3n) is 4.24. The van der Waals surface area contributed by atoms with E-state index >= 15 is 0 Å². The van der Waals surface area contributed by atoms with E-state index in [1.807, 2.05) is 0 Å². The minimum Gasteiger partial charge on any atom is -0.375 e. The molecule has 158 valence electrons. The maximum Gasteiger partial charge on any atom is 0.293 e. The van der Waals surface area contributed by atoms with Crippen molar-refractivity contribution in [3.63, 3.8) is 0 Å². The lowest BCUT2D eigenvalue weighted by molar-refractivity contribution is -0.384. The third-order valence-corrected chi connectivity index (χ3v) is 7.22. The Labute approximate surface area is 169 Å². The summed E-state index contributed by atoms with van der Waals surface area (Å²) in [5.74, 6) is 0. The van der Waals surface area contributed by atoms with Crippen molar-refractivity contribution in [1.82, 2.24) is 4.31 Å². The Hall–Kier alpha value is -2.54. The zero-order valence-corrected chi connectivity index (χ0v) is 17.5. The number of nitrogens with zero attached hydrogens (tertiary/aromatic N) is 2. The molecule has 0 saturated carbocycles. The summed E-state index contributed by atoms with van der Waals surface area (Å²) in [7, 11) is -7.63. The Morgan fingerprint density at radius 1 is 1.00 bits per heavy atom. The SMILES string of the molecule is CCN(CC)S(=O)(=O)c1ccc(NCc2ccc(S(N)(=O)=O)cc2)c([N+](=O)[O-])c1. The summed E-state index contributed by atoms with van der Waals surface area (Å²) in [6.45, 7) is 4.04. The molecular formula is C17H22N4O6S2. The van der Waals surface area contributed by atoms with Crippen molar-refractivity contribution < 1.29 is 21.8 Å². The van der Waals surface area contributed by atoms with E-state index in [-0.39, 0.29) is 40.8 Å². The summed E-state index contributed by atoms with van der Waals surface area (Å²) >= 11 is 0. The van der Waals surface area contributed by atoms with Gasteiger partial charge in [0.15, 0.2) is 0 Å². The van der Waals surface area contributed by atoms with Crippen LogP contribution < -0.4 is 10.5 Å². The van der Waals surface area contributed by atoms with Crippen LogP contribution in [0.4, 0.5) is 11.4 Å². The number of nitrogens with one attached hydrogen (secondary N) is 1. The van der Waals surface area contributed by atoms with Gasteiger partial charge in [-0.15, -0.1) is 0 Å². The molecule has 3 N–H and O–H groups in total. The van der Waals surface area contributed by atoms with Crippen molar-refractivity contribution in [2.45, 2.75) is 30.2 Å². The highest BCUT2D eigenvalue weighted by atomic mass is 32.2. The highest BCUT2D eigenvalue weighted by Crippen LogP contribution is 2.29. The molecule has 0 aliphatic carbocycles. The number of nitrogens with two attached hydrogens (primary N) is 1. The molecule has 0 bridgehead atoms. The number of benzene rings is 2. The van der Waals surface area contributed by atoms with Crippen LogP contribution >= 0.6 is 0 Å². The average molecular weight is 443 g/mol. The minimum atomic E-state index is -3.83. The van der Waals surface area contributed by atoms with E-state index < -0.39 is 25.0 Å². The van der Waals surface area contributed by atoms with Crippen molar-refractivity contribution in [1.29, 1.82) is 0 Å². The van der Waals surface area contributed by atoms with Gasteiger partial charge in [0.1, 0.15) is 5.69 Å². The van der Waals surface area contributed by atoms with E-state index in [2.05, 4.69) is 5.32 Å². The molecule has 0 heterocycles. The van der Waals surface area contributed by atoms with Crippen molar-refractivity contribution in [3.05, 3.63) is 58.1 Å². The predicted octanol–water partition coefficient (Wildman–Crippen LogP) is 1.88. The van der Waals surface area contributed by atoms with Crippen LogP contribution in [0.2, 0.25) is 0 Å². The zero-order chi connectivity index (χ0) is 21.8. The molecule has 0 atom stereocenters. The average Bonchev–Trinajstić information content (AvgIpc) is 2.66. The van der Waals surface area contributed by atoms with Gasteiger partial charge in [-0.05, 0) is 29.8 Å². The number of nitro benzene ring substituents is 1. The van der Waals surface area contributed by atoms with Gasteiger partial charge in [-0.25, -0.2) is 22.0 Å². The fourth-order valence-electron chi connectivity index (χ4n) is 2.68. The molecule has 2 aromatic rings. The number of primary sulfonamides is 1. The summed E-state index contributed by atoms with van der Waals surface area (Å²) in [6.07, 6.45) is 0. The fourth-order valence-corrected chi connectivity index (χ4v) is 4.67. The quantitative estimate of drug-likeness (QED) is 0.444. The fraction of sp³-hybridized carbons (Fsp3) is 0.294. The lowest BCUT2D eigenvalue weighted by atomic mass is 10.2. The monoisotopic (exact) mass is 442 g/mol. The molecule has 12 heteroatoms. The van der Waals surface area contributed by atoms with E-state index in [0.717, 1.165) is 6.07 Å². The Morgan fingerprint density at radius 2 is 1.55 bits per heavy atom. The van der Waals surface area contributed by atoms with Gasteiger partial charge >= 0.3 is 0 Å². The second-order valence-electron chi connectivity index (χ2n) is 6.07. The Bertz CT molecular complexity index is 1100. The first-order valence-corrected chi connectivity index (χ1v) is 11.6. The smallest absolute Gasteiger partial charge is 0.293 e. The largest absolute Gasteiger partial charge is 0.375 e. The van der Waals surface area contributed by atoms with Crippen LogP contribution in [-0.2, 0) is 26.6 Å². The van der Waals surface area contributed by atoms with Crippen LogP contribution in [0.5, 0.6) is 0 Å². The Kier molecular flexibility index (Phi) is 6.95. The van der Waals surface area contributed by atoms with Crippen LogP contribution in [0, 0.1) is 10.1 Å². The van der Waals surface area contributed by atoms with E-state index in [1.54, 1.807) is 13.8 Å². The summed E-state index contributed by atoms with van der Waals surface area (Å²) in [5, 5.41) is 19.4. The van der Waals surface area contributed by atoms with Gasteiger partial charge in [-0.2, -0.15) is 4.31 Å². The van der Waals surface area contributed by atoms with Gasteiger partial charge in [0.25, 0.3) is 5.69 Å². The highest BCUT2D eigenvalue weighted by molar-refractivity contribution is 7.89. The van der Waals surface area contributed by atoms with E-state index in [1.165, 1.54) is 40.7 Å². The van der Waals surface area contributed by atoms with Crippen LogP contribution in [0.15, 0.2) is 52.3 Å². The molecule has 2 rings (SSSR count). The van der Waals surface area contributed by atoms with Crippen molar-refractivity contribution in [3.8, 4) is 0 Å². The first-order chi connectivity index (χ1) is 13.5. The number of hydrogen-bond donors (Lipinski definition) is 2. The van der Waals surface area contributed by atoms with Crippen molar-refractivity contribution in [2.75, 3.05) is 18.4 Å². The van der Waals surface area contributed by atoms with Gasteiger partial charge in [0, 0.05) is 25.7 Å². The minimum absolute atomic E-state index is 0.0433. The second-order valence-corrected chi connectivity index (χ2v) is 9.57. The molecular weight excluding hydrogens is 420 g/mol. The molecule has 29 heavy (non-hydrogen) atoms. The van der Waals surface area contributed by atoms with Crippen molar-refractivity contribution in [2.24, 2.45) is 5.14 Å². The lowest BCUT2D eigenvalue weighted by Crippen LogP contribution is -2.30. The lowest BCUT2D eigenvalue weighted by Gasteiger charge is -2.18. The number of anilines is 1. The molecule has 10 nitrogen and oxygen atoms in total. The van der Waals surface area contributed by atoms with Gasteiger partial charge in [-0.3, -0.25) is 10.1 Å². The molecule has 2 aromatic carbocycles. The van der Waals surface area contributed by atoms with E-state index in [4.69, 9.17) is 5.14 Å². The van der Waals surface area contributed by atoms with Gasteiger partial charge < -0.3 is 5.32 Å². The number of nitro groups is 1. The Morgan fingerprint density at radius 3 is 2.03 bits per heavy atom. The molecule has 0 unspecified atom stereocenters. The zero-order valence-electron chi connectivity index (χ0n) is 15.9. The second kappa shape index (κ2) is 8.86. The standard InChI is InChI=1S/C17H22N4O6S2/c1-3-20(4-2)29(26,27)15-9-10-16(17(11-15)21(22)23)19-12-13-5-7-14(8-6-13)28(18,24)25/h5-11,19H,3-4,12H2,1-2H3,(H2,18,24,25). The van der Waals surface area contributed by atoms with Gasteiger partial charge in [-0.1, -0.05) is 26.0 Å². The van der Waals surface area contributed by atoms with Crippen LogP contribution in [0.25, 0.3) is 0 Å². The maximum atomic E-state index is 12.6. The normalized spacial score (nSPS) is 12.1. The maximum absolute atomic E-state index is 12.6. The van der Waals surface area contributed by atoms with Gasteiger partial charge in [0.05, 0.1) is 14.7 Å². The number of sulfonamides is 2. The Balaban J connectivity index is 2.29. The number of hydrogen-bond acceptors (Lipinski definition) is 7. The molecule has 0 saturated heterocycles. The molecule has 0 radical (unpaired) electrons. The van der Waals surface area contributed by atoms with Crippen LogP contribution in [0.1, 0.15) is 19.4 Å². The molecule has 0 aromatic heterocycles. The van der Waals surface area contributed by atoms with Crippen molar-refractivity contribution >= 4 is 31.4 Å². The van der Waals surface area contributed by atoms with Crippen LogP contribution in [0.3, 0.4) is 0 Å². The summed E-state index contributed by atoms with van der Waals surface area (Å²) < 4.78 is 49.0. The first kappa shape index (κ1) is 22.7. The van der Waals surface area contributed by atoms with E-state index in [9.17, 15) is 26.9 Å². The van der Waals surface area contributed by atoms with Crippen LogP contribution in [-0.4, -0.2) is 39.2 Å². The molecule has 0 aliphatic rings. The number of rotatable bonds is 9. The highest BCUT2D eigenvalue weighted by Gasteiger charge is 2.25. The molecule has 0 aliphatic heterocycles.